The molecule has 0 spiro atoms. The van der Waals surface area contributed by atoms with Gasteiger partial charge in [-0.2, -0.15) is 0 Å². The van der Waals surface area contributed by atoms with E-state index in [0.717, 1.165) is 18.8 Å². The van der Waals surface area contributed by atoms with Crippen molar-refractivity contribution in [3.63, 3.8) is 0 Å². The maximum Gasteiger partial charge on any atom is 0.0431 e. The fourth-order valence-corrected chi connectivity index (χ4v) is 5.07. The highest BCUT2D eigenvalue weighted by Crippen LogP contribution is 2.48. The van der Waals surface area contributed by atoms with Gasteiger partial charge in [0.25, 0.3) is 0 Å². The lowest BCUT2D eigenvalue weighted by Crippen LogP contribution is -2.17. The van der Waals surface area contributed by atoms with Crippen LogP contribution in [0.5, 0.6) is 0 Å². The summed E-state index contributed by atoms with van der Waals surface area (Å²) in [7, 11) is 0. The van der Waals surface area contributed by atoms with Crippen molar-refractivity contribution in [3.8, 4) is 0 Å². The van der Waals surface area contributed by atoms with Crippen LogP contribution in [-0.2, 0) is 0 Å². The predicted octanol–water partition coefficient (Wildman–Crippen LogP) is 7.02. The molecule has 0 aromatic rings. The van der Waals surface area contributed by atoms with E-state index >= 15 is 0 Å². The molecule has 26 heavy (non-hydrogen) atoms. The Morgan fingerprint density at radius 2 is 1.00 bits per heavy atom. The van der Waals surface area contributed by atoms with Crippen molar-refractivity contribution in [2.45, 2.75) is 129 Å². The summed E-state index contributed by atoms with van der Waals surface area (Å²) in [6.45, 7) is 3.19. The topological polar surface area (TPSA) is 40.5 Å². The van der Waals surface area contributed by atoms with E-state index in [1.165, 1.54) is 109 Å². The summed E-state index contributed by atoms with van der Waals surface area (Å²) in [6, 6.07) is 0. The molecule has 1 saturated carbocycles. The fraction of sp³-hybridized carbons (Fsp3) is 1.00. The first-order valence-electron chi connectivity index (χ1n) is 11.9. The SMILES string of the molecule is CC1CCC(CCCCCCCCCO)(CCCCCCCCCO)C1. The molecular weight excluding hydrogens is 320 g/mol. The van der Waals surface area contributed by atoms with Crippen LogP contribution in [-0.4, -0.2) is 23.4 Å². The molecule has 0 saturated heterocycles. The van der Waals surface area contributed by atoms with Gasteiger partial charge >= 0.3 is 0 Å². The van der Waals surface area contributed by atoms with E-state index in [2.05, 4.69) is 6.92 Å². The summed E-state index contributed by atoms with van der Waals surface area (Å²) in [4.78, 5) is 0. The van der Waals surface area contributed by atoms with Crippen LogP contribution < -0.4 is 0 Å². The van der Waals surface area contributed by atoms with Crippen molar-refractivity contribution >= 4 is 0 Å². The van der Waals surface area contributed by atoms with E-state index in [1.54, 1.807) is 0 Å². The van der Waals surface area contributed by atoms with Gasteiger partial charge in [-0.15, -0.1) is 0 Å². The summed E-state index contributed by atoms with van der Waals surface area (Å²) in [5.74, 6) is 0.951. The van der Waals surface area contributed by atoms with E-state index in [1.807, 2.05) is 0 Å². The highest BCUT2D eigenvalue weighted by molar-refractivity contribution is 4.87. The number of unbranched alkanes of at least 4 members (excludes halogenated alkanes) is 12. The van der Waals surface area contributed by atoms with Crippen LogP contribution in [0.25, 0.3) is 0 Å². The van der Waals surface area contributed by atoms with Crippen molar-refractivity contribution in [3.05, 3.63) is 0 Å². The zero-order valence-electron chi connectivity index (χ0n) is 17.8. The van der Waals surface area contributed by atoms with Gasteiger partial charge in [-0.25, -0.2) is 0 Å². The molecule has 0 bridgehead atoms. The lowest BCUT2D eigenvalue weighted by molar-refractivity contribution is 0.221. The van der Waals surface area contributed by atoms with Crippen molar-refractivity contribution in [1.82, 2.24) is 0 Å². The molecule has 1 aliphatic rings. The molecule has 2 nitrogen and oxygen atoms in total. The molecule has 1 unspecified atom stereocenters. The van der Waals surface area contributed by atoms with Crippen LogP contribution in [0.3, 0.4) is 0 Å². The molecule has 0 aromatic heterocycles. The molecule has 2 heteroatoms. The van der Waals surface area contributed by atoms with Crippen LogP contribution in [0.2, 0.25) is 0 Å². The normalized spacial score (nSPS) is 19.3. The molecule has 0 amide bonds. The molecule has 1 rings (SSSR count). The lowest BCUT2D eigenvalue weighted by atomic mass is 9.76. The molecule has 1 fully saturated rings. The van der Waals surface area contributed by atoms with E-state index < -0.39 is 0 Å². The Labute approximate surface area is 164 Å². The monoisotopic (exact) mass is 368 g/mol. The third-order valence-electron chi connectivity index (χ3n) is 6.68. The Hall–Kier alpha value is -0.0800. The minimum Gasteiger partial charge on any atom is -0.396 e. The largest absolute Gasteiger partial charge is 0.396 e. The van der Waals surface area contributed by atoms with Gasteiger partial charge in [0.1, 0.15) is 0 Å². The predicted molar refractivity (Wildman–Crippen MR) is 113 cm³/mol. The van der Waals surface area contributed by atoms with Gasteiger partial charge in [0.2, 0.25) is 0 Å². The molecule has 0 radical (unpaired) electrons. The smallest absolute Gasteiger partial charge is 0.0431 e. The van der Waals surface area contributed by atoms with Crippen LogP contribution in [0, 0.1) is 11.3 Å². The molecule has 0 heterocycles. The van der Waals surface area contributed by atoms with Gasteiger partial charge < -0.3 is 10.2 Å². The van der Waals surface area contributed by atoms with E-state index in [9.17, 15) is 0 Å². The lowest BCUT2D eigenvalue weighted by Gasteiger charge is -2.30. The highest BCUT2D eigenvalue weighted by atomic mass is 16.3. The van der Waals surface area contributed by atoms with Gasteiger partial charge in [0.05, 0.1) is 0 Å². The maximum absolute atomic E-state index is 8.82. The number of rotatable bonds is 18. The van der Waals surface area contributed by atoms with Gasteiger partial charge in [0.15, 0.2) is 0 Å². The Bertz CT molecular complexity index is 283. The third-order valence-corrected chi connectivity index (χ3v) is 6.68. The number of aliphatic hydroxyl groups is 2. The molecule has 156 valence electrons. The Morgan fingerprint density at radius 3 is 1.35 bits per heavy atom. The van der Waals surface area contributed by atoms with Crippen LogP contribution in [0.4, 0.5) is 0 Å². The quantitative estimate of drug-likeness (QED) is 0.255. The van der Waals surface area contributed by atoms with Crippen molar-refractivity contribution in [2.24, 2.45) is 11.3 Å². The molecule has 1 atom stereocenters. The highest BCUT2D eigenvalue weighted by Gasteiger charge is 2.35. The number of hydrogen-bond acceptors (Lipinski definition) is 2. The van der Waals surface area contributed by atoms with E-state index in [-0.39, 0.29) is 0 Å². The zero-order valence-corrected chi connectivity index (χ0v) is 17.8. The summed E-state index contributed by atoms with van der Waals surface area (Å²) in [5, 5.41) is 17.6. The van der Waals surface area contributed by atoms with Gasteiger partial charge in [0, 0.05) is 13.2 Å². The third kappa shape index (κ3) is 11.6. The van der Waals surface area contributed by atoms with Crippen LogP contribution >= 0.6 is 0 Å². The Kier molecular flexibility index (Phi) is 14.7. The summed E-state index contributed by atoms with van der Waals surface area (Å²) >= 11 is 0. The first kappa shape index (κ1) is 24.0. The summed E-state index contributed by atoms with van der Waals surface area (Å²) in [6.07, 6.45) is 25.6. The van der Waals surface area contributed by atoms with Gasteiger partial charge in [-0.05, 0) is 49.9 Å². The maximum atomic E-state index is 8.82. The number of hydrogen-bond donors (Lipinski definition) is 2. The average Bonchev–Trinajstić information content (AvgIpc) is 3.01. The van der Waals surface area contributed by atoms with Crippen molar-refractivity contribution in [1.29, 1.82) is 0 Å². The second-order valence-electron chi connectivity index (χ2n) is 9.24. The average molecular weight is 369 g/mol. The standard InChI is InChI=1S/C24H48O2/c1-23-16-19-24(22-23,17-12-8-4-2-6-10-14-20-25)18-13-9-5-3-7-11-15-21-26/h23,25-26H,2-22H2,1H3. The molecule has 1 aliphatic carbocycles. The van der Waals surface area contributed by atoms with Crippen LogP contribution in [0.15, 0.2) is 0 Å². The second kappa shape index (κ2) is 15.9. The molecular formula is C24H48O2. The first-order chi connectivity index (χ1) is 12.7. The minimum absolute atomic E-state index is 0.364. The Morgan fingerprint density at radius 1 is 0.615 bits per heavy atom. The van der Waals surface area contributed by atoms with Gasteiger partial charge in [-0.3, -0.25) is 0 Å². The van der Waals surface area contributed by atoms with E-state index in [0.29, 0.717) is 18.6 Å². The summed E-state index contributed by atoms with van der Waals surface area (Å²) < 4.78 is 0. The molecule has 0 aliphatic heterocycles. The van der Waals surface area contributed by atoms with E-state index in [4.69, 9.17) is 10.2 Å². The zero-order chi connectivity index (χ0) is 18.9. The molecule has 0 aromatic carbocycles. The van der Waals surface area contributed by atoms with Crippen molar-refractivity contribution in [2.75, 3.05) is 13.2 Å². The summed E-state index contributed by atoms with van der Waals surface area (Å²) in [5.41, 5.74) is 0.688. The number of aliphatic hydroxyl groups excluding tert-OH is 2. The first-order valence-corrected chi connectivity index (χ1v) is 11.9. The minimum atomic E-state index is 0.364. The Balaban J connectivity index is 2.09. The second-order valence-corrected chi connectivity index (χ2v) is 9.24. The fourth-order valence-electron chi connectivity index (χ4n) is 5.07. The van der Waals surface area contributed by atoms with Crippen LogP contribution in [0.1, 0.15) is 129 Å². The molecule has 2 N–H and O–H groups in total. The van der Waals surface area contributed by atoms with Crippen molar-refractivity contribution < 1.29 is 10.2 Å². The van der Waals surface area contributed by atoms with Gasteiger partial charge in [-0.1, -0.05) is 90.4 Å².